The number of carbonyl (C=O) groups is 1. The Morgan fingerprint density at radius 2 is 1.70 bits per heavy atom. The molecule has 174 valence electrons. The van der Waals surface area contributed by atoms with Gasteiger partial charge >= 0.3 is 0 Å². The molecule has 0 aromatic carbocycles. The van der Waals surface area contributed by atoms with Gasteiger partial charge in [-0.2, -0.15) is 15.4 Å². The van der Waals surface area contributed by atoms with Crippen LogP contribution in [-0.2, 0) is 20.7 Å². The van der Waals surface area contributed by atoms with Crippen molar-refractivity contribution in [3.63, 3.8) is 0 Å². The van der Waals surface area contributed by atoms with Gasteiger partial charge in [-0.1, -0.05) is 13.8 Å². The van der Waals surface area contributed by atoms with E-state index in [2.05, 4.69) is 34.6 Å². The zero-order chi connectivity index (χ0) is 23.2. The van der Waals surface area contributed by atoms with Crippen LogP contribution in [0.25, 0.3) is 0 Å². The number of amides is 1. The molecule has 0 bridgehead atoms. The van der Waals surface area contributed by atoms with E-state index in [-0.39, 0.29) is 28.8 Å². The van der Waals surface area contributed by atoms with E-state index in [9.17, 15) is 4.79 Å². The Balaban J connectivity index is 2.51. The summed E-state index contributed by atoms with van der Waals surface area (Å²) in [5.41, 5.74) is -0.592. The highest BCUT2D eigenvalue weighted by Gasteiger charge is 2.38. The zero-order valence-electron chi connectivity index (χ0n) is 20.8. The molecular weight excluding hydrogens is 380 g/mol. The molecule has 1 aromatic rings. The minimum absolute atomic E-state index is 0.0400. The van der Waals surface area contributed by atoms with Gasteiger partial charge in [-0.3, -0.25) is 4.79 Å². The quantitative estimate of drug-likeness (QED) is 0.489. The molecule has 0 aliphatic heterocycles. The molecule has 0 saturated heterocycles. The molecule has 0 aliphatic carbocycles. The lowest BCUT2D eigenvalue weighted by atomic mass is 9.80. The third-order valence-corrected chi connectivity index (χ3v) is 5.16. The fraction of sp³-hybridized carbons (Fsp3) is 0.870. The molecule has 1 heterocycles. The van der Waals surface area contributed by atoms with Gasteiger partial charge in [0.15, 0.2) is 0 Å². The molecule has 2 N–H and O–H groups in total. The van der Waals surface area contributed by atoms with E-state index in [1.54, 1.807) is 6.20 Å². The largest absolute Gasteiger partial charge is 0.375 e. The first-order valence-corrected chi connectivity index (χ1v) is 11.0. The average molecular weight is 425 g/mol. The summed E-state index contributed by atoms with van der Waals surface area (Å²) < 4.78 is 12.1. The third kappa shape index (κ3) is 10.0. The van der Waals surface area contributed by atoms with Crippen molar-refractivity contribution in [2.24, 2.45) is 5.41 Å². The van der Waals surface area contributed by atoms with E-state index in [4.69, 9.17) is 9.47 Å². The number of aromatic nitrogens is 3. The monoisotopic (exact) mass is 424 g/mol. The summed E-state index contributed by atoms with van der Waals surface area (Å²) >= 11 is 0. The molecule has 1 amide bonds. The van der Waals surface area contributed by atoms with Crippen molar-refractivity contribution in [1.82, 2.24) is 20.7 Å². The molecule has 0 unspecified atom stereocenters. The van der Waals surface area contributed by atoms with Crippen LogP contribution >= 0.6 is 0 Å². The number of ether oxygens (including phenoxy) is 2. The van der Waals surface area contributed by atoms with Gasteiger partial charge in [-0.15, -0.1) is 0 Å². The van der Waals surface area contributed by atoms with Crippen LogP contribution in [0.2, 0.25) is 0 Å². The van der Waals surface area contributed by atoms with E-state index >= 15 is 0 Å². The van der Waals surface area contributed by atoms with E-state index in [1.165, 1.54) is 0 Å². The summed E-state index contributed by atoms with van der Waals surface area (Å²) in [7, 11) is 0. The lowest BCUT2D eigenvalue weighted by Gasteiger charge is -2.38. The van der Waals surface area contributed by atoms with Gasteiger partial charge < -0.3 is 14.8 Å². The van der Waals surface area contributed by atoms with Gasteiger partial charge in [0.25, 0.3) is 0 Å². The third-order valence-electron chi connectivity index (χ3n) is 5.16. The van der Waals surface area contributed by atoms with Crippen LogP contribution in [-0.4, -0.2) is 50.8 Å². The van der Waals surface area contributed by atoms with Crippen LogP contribution in [0.15, 0.2) is 6.20 Å². The van der Waals surface area contributed by atoms with Crippen molar-refractivity contribution in [3.05, 3.63) is 11.9 Å². The summed E-state index contributed by atoms with van der Waals surface area (Å²) in [5, 5.41) is 13.8. The maximum Gasteiger partial charge on any atom is 0.226 e. The van der Waals surface area contributed by atoms with Crippen LogP contribution in [0, 0.1) is 5.41 Å². The second kappa shape index (κ2) is 10.2. The number of aryl methyl sites for hydroxylation is 1. The Kier molecular flexibility index (Phi) is 9.06. The molecule has 7 nitrogen and oxygen atoms in total. The zero-order valence-corrected chi connectivity index (χ0v) is 20.8. The summed E-state index contributed by atoms with van der Waals surface area (Å²) in [5.74, 6) is 0.0400. The van der Waals surface area contributed by atoms with E-state index in [0.29, 0.717) is 13.0 Å². The predicted octanol–water partition coefficient (Wildman–Crippen LogP) is 4.44. The second-order valence-corrected chi connectivity index (χ2v) is 11.1. The highest BCUT2D eigenvalue weighted by molar-refractivity contribution is 5.82. The number of nitrogens with zero attached hydrogens (tertiary/aromatic N) is 2. The van der Waals surface area contributed by atoms with Crippen molar-refractivity contribution in [2.45, 2.75) is 118 Å². The number of hydrogen-bond acceptors (Lipinski definition) is 5. The van der Waals surface area contributed by atoms with Gasteiger partial charge in [0.1, 0.15) is 0 Å². The van der Waals surface area contributed by atoms with Crippen LogP contribution in [0.5, 0.6) is 0 Å². The molecule has 0 spiro atoms. The summed E-state index contributed by atoms with van der Waals surface area (Å²) in [4.78, 5) is 13.0. The van der Waals surface area contributed by atoms with Gasteiger partial charge in [-0.05, 0) is 81.1 Å². The first kappa shape index (κ1) is 26.6. The van der Waals surface area contributed by atoms with Crippen LogP contribution < -0.4 is 5.32 Å². The molecule has 0 atom stereocenters. The molecule has 7 heteroatoms. The van der Waals surface area contributed by atoms with Crippen LogP contribution in [0.1, 0.15) is 94.2 Å². The molecule has 30 heavy (non-hydrogen) atoms. The number of nitrogens with one attached hydrogen (secondary N) is 2. The Morgan fingerprint density at radius 1 is 1.07 bits per heavy atom. The highest BCUT2D eigenvalue weighted by atomic mass is 16.5. The van der Waals surface area contributed by atoms with Gasteiger partial charge in [-0.25, -0.2) is 0 Å². The second-order valence-electron chi connectivity index (χ2n) is 11.1. The van der Waals surface area contributed by atoms with E-state index in [1.807, 2.05) is 55.4 Å². The minimum atomic E-state index is -0.534. The van der Waals surface area contributed by atoms with Crippen LogP contribution in [0.4, 0.5) is 0 Å². The van der Waals surface area contributed by atoms with E-state index in [0.717, 1.165) is 25.0 Å². The fourth-order valence-electron chi connectivity index (χ4n) is 3.79. The maximum absolute atomic E-state index is 13.0. The van der Waals surface area contributed by atoms with Crippen molar-refractivity contribution >= 4 is 5.91 Å². The van der Waals surface area contributed by atoms with Gasteiger partial charge in [0.05, 0.1) is 29.2 Å². The normalized spacial score (nSPS) is 13.7. The fourth-order valence-corrected chi connectivity index (χ4v) is 3.79. The van der Waals surface area contributed by atoms with Crippen molar-refractivity contribution in [3.8, 4) is 0 Å². The molecule has 0 aliphatic rings. The Morgan fingerprint density at radius 3 is 2.23 bits per heavy atom. The van der Waals surface area contributed by atoms with Crippen molar-refractivity contribution in [2.75, 3.05) is 6.61 Å². The van der Waals surface area contributed by atoms with E-state index < -0.39 is 5.41 Å². The van der Waals surface area contributed by atoms with Crippen molar-refractivity contribution < 1.29 is 14.3 Å². The molecule has 0 radical (unpaired) electrons. The number of rotatable bonds is 13. The first-order valence-electron chi connectivity index (χ1n) is 11.0. The summed E-state index contributed by atoms with van der Waals surface area (Å²) in [6.07, 6.45) is 4.90. The molecular formula is C23H44N4O3. The first-order chi connectivity index (χ1) is 13.5. The SMILES string of the molecule is CC(C)OC(C)(C)CC(C)(C)C(=O)NC(C)(C)CCOC(C)(C)CCc1cn[nH]n1. The molecule has 1 aromatic heterocycles. The minimum Gasteiger partial charge on any atom is -0.375 e. The Hall–Kier alpha value is -1.47. The standard InChI is InChI=1S/C23H44N4O3/c1-17(2)30-23(9,10)16-20(3,4)19(28)25-21(5,6)13-14-29-22(7,8)12-11-18-15-24-27-26-18/h15,17H,11-14,16H2,1-10H3,(H,25,28)(H,24,26,27). The van der Waals surface area contributed by atoms with Gasteiger partial charge in [0, 0.05) is 17.6 Å². The topological polar surface area (TPSA) is 89.1 Å². The number of H-pyrrole nitrogens is 1. The lowest BCUT2D eigenvalue weighted by Crippen LogP contribution is -2.51. The maximum atomic E-state index is 13.0. The average Bonchev–Trinajstić information content (AvgIpc) is 3.03. The molecule has 1 rings (SSSR count). The number of carbonyl (C=O) groups excluding carboxylic acids is 1. The van der Waals surface area contributed by atoms with Crippen molar-refractivity contribution in [1.29, 1.82) is 0 Å². The number of hydrogen-bond donors (Lipinski definition) is 2. The summed E-state index contributed by atoms with van der Waals surface area (Å²) in [6, 6.07) is 0. The lowest BCUT2D eigenvalue weighted by molar-refractivity contribution is -0.138. The summed E-state index contributed by atoms with van der Waals surface area (Å²) in [6.45, 7) is 20.9. The molecule has 0 fully saturated rings. The predicted molar refractivity (Wildman–Crippen MR) is 120 cm³/mol. The highest BCUT2D eigenvalue weighted by Crippen LogP contribution is 2.32. The van der Waals surface area contributed by atoms with Gasteiger partial charge in [0.2, 0.25) is 5.91 Å². The van der Waals surface area contributed by atoms with Crippen LogP contribution in [0.3, 0.4) is 0 Å². The Labute approximate surface area is 183 Å². The Bertz CT molecular complexity index is 649. The molecule has 0 saturated carbocycles. The smallest absolute Gasteiger partial charge is 0.226 e. The number of aromatic amines is 1.